The Kier molecular flexibility index (Phi) is 6.42. The van der Waals surface area contributed by atoms with E-state index in [2.05, 4.69) is 4.99 Å². The molecule has 0 bridgehead atoms. The van der Waals surface area contributed by atoms with Crippen LogP contribution in [0.4, 0.5) is 18.9 Å². The summed E-state index contributed by atoms with van der Waals surface area (Å²) in [7, 11) is 0. The highest BCUT2D eigenvalue weighted by molar-refractivity contribution is 6.30. The Balaban J connectivity index is 1.39. The molecule has 0 unspecified atom stereocenters. The van der Waals surface area contributed by atoms with Crippen LogP contribution in [-0.4, -0.2) is 42.8 Å². The second-order valence-electron chi connectivity index (χ2n) is 8.36. The minimum Gasteiger partial charge on any atom is -0.357 e. The van der Waals surface area contributed by atoms with Gasteiger partial charge in [0.25, 0.3) is 0 Å². The molecule has 1 amide bonds. The van der Waals surface area contributed by atoms with E-state index in [1.165, 1.54) is 12.3 Å². The molecular formula is C23H25ClF3N3O. The highest BCUT2D eigenvalue weighted by Gasteiger charge is 2.35. The van der Waals surface area contributed by atoms with Gasteiger partial charge >= 0.3 is 6.18 Å². The van der Waals surface area contributed by atoms with Crippen molar-refractivity contribution in [3.05, 3.63) is 52.8 Å². The van der Waals surface area contributed by atoms with E-state index >= 15 is 0 Å². The molecule has 3 aliphatic rings. The molecule has 4 nitrogen and oxygen atoms in total. The van der Waals surface area contributed by atoms with Gasteiger partial charge < -0.3 is 9.80 Å². The lowest BCUT2D eigenvalue weighted by Crippen LogP contribution is -2.43. The Morgan fingerprint density at radius 2 is 1.81 bits per heavy atom. The van der Waals surface area contributed by atoms with E-state index < -0.39 is 11.7 Å². The molecule has 1 aliphatic carbocycles. The molecule has 31 heavy (non-hydrogen) atoms. The van der Waals surface area contributed by atoms with Crippen molar-refractivity contribution in [2.24, 2.45) is 16.8 Å². The van der Waals surface area contributed by atoms with E-state index in [1.807, 2.05) is 21.9 Å². The Hall–Kier alpha value is -2.28. The number of rotatable bonds is 5. The molecule has 1 saturated carbocycles. The number of nitrogens with zero attached hydrogens (tertiary/aromatic N) is 3. The van der Waals surface area contributed by atoms with Crippen molar-refractivity contribution >= 4 is 29.4 Å². The number of alkyl halides is 3. The van der Waals surface area contributed by atoms with E-state index in [-0.39, 0.29) is 18.2 Å². The first-order valence-corrected chi connectivity index (χ1v) is 11.0. The number of likely N-dealkylation sites (tertiary alicyclic amines) is 1. The lowest BCUT2D eigenvalue weighted by atomic mass is 9.94. The zero-order valence-corrected chi connectivity index (χ0v) is 17.9. The molecule has 0 aromatic heterocycles. The van der Waals surface area contributed by atoms with Crippen LogP contribution in [0.2, 0.25) is 5.02 Å². The van der Waals surface area contributed by atoms with Gasteiger partial charge in [0.15, 0.2) is 0 Å². The highest BCUT2D eigenvalue weighted by atomic mass is 35.5. The Morgan fingerprint density at radius 1 is 1.13 bits per heavy atom. The highest BCUT2D eigenvalue weighted by Crippen LogP contribution is 2.34. The van der Waals surface area contributed by atoms with E-state index in [9.17, 15) is 18.0 Å². The minimum absolute atomic E-state index is 0.107. The normalized spacial score (nSPS) is 20.2. The zero-order chi connectivity index (χ0) is 22.0. The second kappa shape index (κ2) is 9.07. The molecule has 2 aliphatic heterocycles. The van der Waals surface area contributed by atoms with E-state index in [1.54, 1.807) is 12.1 Å². The standard InChI is InChI=1S/C23H25ClF3N3O/c24-19-4-6-20(7-5-19)30(15-16-1-2-16)22(31)17-10-13-29(14-11-17)21-8-3-18(9-12-28-21)23(25,26)27/h4-9,12,16-17H,1-3,10-11,13-15H2. The first-order chi connectivity index (χ1) is 14.8. The quantitative estimate of drug-likeness (QED) is 0.584. The van der Waals surface area contributed by atoms with Crippen LogP contribution in [0.3, 0.4) is 0 Å². The number of halogens is 4. The first kappa shape index (κ1) is 21.9. The van der Waals surface area contributed by atoms with E-state index in [0.29, 0.717) is 42.7 Å². The fourth-order valence-electron chi connectivity index (χ4n) is 4.02. The number of carbonyl (C=O) groups excluding carboxylic acids is 1. The SMILES string of the molecule is O=C(C1CCN(C2=CCC(C(F)(F)F)=CC=N2)CC1)N(CC1CC1)c1ccc(Cl)cc1. The summed E-state index contributed by atoms with van der Waals surface area (Å²) in [4.78, 5) is 21.4. The molecule has 8 heteroatoms. The third-order valence-electron chi connectivity index (χ3n) is 6.06. The molecule has 0 atom stereocenters. The van der Waals surface area contributed by atoms with E-state index in [0.717, 1.165) is 31.1 Å². The van der Waals surface area contributed by atoms with Crippen LogP contribution in [0.25, 0.3) is 0 Å². The number of anilines is 1. The summed E-state index contributed by atoms with van der Waals surface area (Å²) < 4.78 is 38.8. The van der Waals surface area contributed by atoms with Crippen molar-refractivity contribution in [1.82, 2.24) is 4.90 Å². The summed E-state index contributed by atoms with van der Waals surface area (Å²) in [5.41, 5.74) is 0.264. The zero-order valence-electron chi connectivity index (χ0n) is 17.1. The van der Waals surface area contributed by atoms with Gasteiger partial charge in [-0.25, -0.2) is 4.99 Å². The largest absolute Gasteiger partial charge is 0.413 e. The van der Waals surface area contributed by atoms with Crippen molar-refractivity contribution in [1.29, 1.82) is 0 Å². The van der Waals surface area contributed by atoms with Crippen molar-refractivity contribution < 1.29 is 18.0 Å². The average Bonchev–Trinajstić information content (AvgIpc) is 3.58. The van der Waals surface area contributed by atoms with Crippen LogP contribution in [0, 0.1) is 11.8 Å². The van der Waals surface area contributed by atoms with Gasteiger partial charge in [-0.15, -0.1) is 0 Å². The van der Waals surface area contributed by atoms with Crippen molar-refractivity contribution in [3.63, 3.8) is 0 Å². The molecule has 0 radical (unpaired) electrons. The predicted octanol–water partition coefficient (Wildman–Crippen LogP) is 5.60. The van der Waals surface area contributed by atoms with Crippen molar-refractivity contribution in [2.75, 3.05) is 24.5 Å². The van der Waals surface area contributed by atoms with Crippen LogP contribution >= 0.6 is 11.6 Å². The van der Waals surface area contributed by atoms with Gasteiger partial charge in [0, 0.05) is 48.0 Å². The number of benzene rings is 1. The van der Waals surface area contributed by atoms with Gasteiger partial charge in [0.2, 0.25) is 5.91 Å². The lowest BCUT2D eigenvalue weighted by Gasteiger charge is -2.35. The Morgan fingerprint density at radius 3 is 2.42 bits per heavy atom. The summed E-state index contributed by atoms with van der Waals surface area (Å²) in [6.07, 6.45) is 2.84. The summed E-state index contributed by atoms with van der Waals surface area (Å²) >= 11 is 6.01. The lowest BCUT2D eigenvalue weighted by molar-refractivity contribution is -0.123. The van der Waals surface area contributed by atoms with Crippen LogP contribution in [0.5, 0.6) is 0 Å². The topological polar surface area (TPSA) is 35.9 Å². The van der Waals surface area contributed by atoms with Crippen LogP contribution in [0.15, 0.2) is 52.8 Å². The summed E-state index contributed by atoms with van der Waals surface area (Å²) in [5, 5.41) is 0.635. The number of amides is 1. The van der Waals surface area contributed by atoms with Crippen LogP contribution < -0.4 is 4.90 Å². The van der Waals surface area contributed by atoms with Gasteiger partial charge in [-0.1, -0.05) is 11.6 Å². The third-order valence-corrected chi connectivity index (χ3v) is 6.31. The molecule has 2 fully saturated rings. The second-order valence-corrected chi connectivity index (χ2v) is 8.80. The summed E-state index contributed by atoms with van der Waals surface area (Å²) in [5.74, 6) is 1.12. The fourth-order valence-corrected chi connectivity index (χ4v) is 4.15. The summed E-state index contributed by atoms with van der Waals surface area (Å²) in [6, 6.07) is 7.36. The monoisotopic (exact) mass is 451 g/mol. The van der Waals surface area contributed by atoms with Gasteiger partial charge in [0.05, 0.1) is 0 Å². The van der Waals surface area contributed by atoms with Gasteiger partial charge in [-0.05, 0) is 74.4 Å². The maximum Gasteiger partial charge on any atom is 0.413 e. The van der Waals surface area contributed by atoms with Crippen LogP contribution in [-0.2, 0) is 4.79 Å². The molecule has 1 aromatic carbocycles. The van der Waals surface area contributed by atoms with Crippen molar-refractivity contribution in [3.8, 4) is 0 Å². The molecule has 0 N–H and O–H groups in total. The first-order valence-electron chi connectivity index (χ1n) is 10.6. The molecular weight excluding hydrogens is 427 g/mol. The summed E-state index contributed by atoms with van der Waals surface area (Å²) in [6.45, 7) is 1.92. The molecule has 4 rings (SSSR count). The van der Waals surface area contributed by atoms with Crippen LogP contribution in [0.1, 0.15) is 32.1 Å². The number of hydrogen-bond acceptors (Lipinski definition) is 3. The molecule has 1 saturated heterocycles. The average molecular weight is 452 g/mol. The minimum atomic E-state index is -4.34. The molecule has 2 heterocycles. The Bertz CT molecular complexity index is 896. The Labute approximate surface area is 185 Å². The molecule has 1 aromatic rings. The maximum atomic E-state index is 13.3. The van der Waals surface area contributed by atoms with Gasteiger partial charge in [-0.2, -0.15) is 13.2 Å². The van der Waals surface area contributed by atoms with E-state index in [4.69, 9.17) is 11.6 Å². The van der Waals surface area contributed by atoms with Gasteiger partial charge in [0.1, 0.15) is 5.82 Å². The number of allylic oxidation sites excluding steroid dienone is 3. The fraction of sp³-hybridized carbons (Fsp3) is 0.478. The maximum absolute atomic E-state index is 13.3. The number of hydrogen-bond donors (Lipinski definition) is 0. The third kappa shape index (κ3) is 5.50. The number of piperidine rings is 1. The van der Waals surface area contributed by atoms with Gasteiger partial charge in [-0.3, -0.25) is 4.79 Å². The van der Waals surface area contributed by atoms with Crippen molar-refractivity contribution in [2.45, 2.75) is 38.3 Å². The predicted molar refractivity (Wildman–Crippen MR) is 116 cm³/mol. The smallest absolute Gasteiger partial charge is 0.357 e. The molecule has 0 spiro atoms. The number of carbonyl (C=O) groups is 1. The molecule has 166 valence electrons. The number of aliphatic imine (C=N–C) groups is 1.